The standard InChI is InChI=1S/C15H22N4O/c1-10(2)18-14-13(4-3-5-17-14)15(20)19-8-11-6-16-7-12(11)9-19/h3-5,10-12,16H,6-9H2,1-2H3,(H,17,18)/t11-,12+. The minimum Gasteiger partial charge on any atom is -0.367 e. The van der Waals surface area contributed by atoms with Crippen LogP contribution in [0.5, 0.6) is 0 Å². The lowest BCUT2D eigenvalue weighted by Gasteiger charge is -2.20. The number of anilines is 1. The highest BCUT2D eigenvalue weighted by Crippen LogP contribution is 2.28. The first-order valence-corrected chi connectivity index (χ1v) is 7.36. The highest BCUT2D eigenvalue weighted by atomic mass is 16.2. The summed E-state index contributed by atoms with van der Waals surface area (Å²) in [5.74, 6) is 2.05. The first kappa shape index (κ1) is 13.4. The van der Waals surface area contributed by atoms with Gasteiger partial charge in [-0.25, -0.2) is 4.98 Å². The lowest BCUT2D eigenvalue weighted by molar-refractivity contribution is 0.0782. The Morgan fingerprint density at radius 2 is 2.10 bits per heavy atom. The van der Waals surface area contributed by atoms with Gasteiger partial charge in [-0.15, -0.1) is 0 Å². The fraction of sp³-hybridized carbons (Fsp3) is 0.600. The SMILES string of the molecule is CC(C)Nc1ncccc1C(=O)N1C[C@H]2CNC[C@H]2C1. The summed E-state index contributed by atoms with van der Waals surface area (Å²) in [7, 11) is 0. The Bertz CT molecular complexity index is 490. The molecule has 0 spiro atoms. The molecule has 2 aliphatic heterocycles. The normalized spacial score (nSPS) is 25.1. The van der Waals surface area contributed by atoms with E-state index in [1.54, 1.807) is 6.20 Å². The maximum atomic E-state index is 12.7. The van der Waals surface area contributed by atoms with E-state index in [0.717, 1.165) is 26.2 Å². The van der Waals surface area contributed by atoms with Gasteiger partial charge in [-0.05, 0) is 37.8 Å². The molecule has 0 aromatic carbocycles. The summed E-state index contributed by atoms with van der Waals surface area (Å²) in [4.78, 5) is 19.0. The van der Waals surface area contributed by atoms with Crippen LogP contribution in [-0.2, 0) is 0 Å². The predicted molar refractivity (Wildman–Crippen MR) is 78.7 cm³/mol. The van der Waals surface area contributed by atoms with E-state index in [1.165, 1.54) is 0 Å². The number of nitrogens with one attached hydrogen (secondary N) is 2. The average molecular weight is 274 g/mol. The molecule has 0 radical (unpaired) electrons. The molecule has 0 unspecified atom stereocenters. The summed E-state index contributed by atoms with van der Waals surface area (Å²) in [6, 6.07) is 3.96. The molecule has 1 aromatic rings. The Balaban J connectivity index is 1.77. The van der Waals surface area contributed by atoms with Crippen molar-refractivity contribution in [1.82, 2.24) is 15.2 Å². The van der Waals surface area contributed by atoms with E-state index in [0.29, 0.717) is 23.2 Å². The first-order valence-electron chi connectivity index (χ1n) is 7.36. The van der Waals surface area contributed by atoms with Gasteiger partial charge in [-0.1, -0.05) is 0 Å². The van der Waals surface area contributed by atoms with Crippen LogP contribution in [0.15, 0.2) is 18.3 Å². The molecule has 0 aliphatic carbocycles. The Morgan fingerprint density at radius 3 is 2.75 bits per heavy atom. The van der Waals surface area contributed by atoms with Gasteiger partial charge in [0.05, 0.1) is 5.56 Å². The zero-order chi connectivity index (χ0) is 14.1. The van der Waals surface area contributed by atoms with Crippen LogP contribution in [0, 0.1) is 11.8 Å². The van der Waals surface area contributed by atoms with Crippen molar-refractivity contribution >= 4 is 11.7 Å². The second-order valence-corrected chi connectivity index (χ2v) is 6.09. The van der Waals surface area contributed by atoms with Crippen LogP contribution in [0.4, 0.5) is 5.82 Å². The van der Waals surface area contributed by atoms with Gasteiger partial charge in [0.15, 0.2) is 0 Å². The molecule has 108 valence electrons. The molecule has 0 saturated carbocycles. The number of carbonyl (C=O) groups is 1. The molecular weight excluding hydrogens is 252 g/mol. The van der Waals surface area contributed by atoms with Crippen LogP contribution < -0.4 is 10.6 Å². The molecule has 3 rings (SSSR count). The van der Waals surface area contributed by atoms with Crippen molar-refractivity contribution in [1.29, 1.82) is 0 Å². The number of hydrogen-bond donors (Lipinski definition) is 2. The minimum absolute atomic E-state index is 0.107. The minimum atomic E-state index is 0.107. The van der Waals surface area contributed by atoms with Crippen LogP contribution in [-0.4, -0.2) is 48.0 Å². The van der Waals surface area contributed by atoms with Crippen molar-refractivity contribution in [2.75, 3.05) is 31.5 Å². The molecule has 2 atom stereocenters. The van der Waals surface area contributed by atoms with Crippen molar-refractivity contribution in [3.05, 3.63) is 23.9 Å². The van der Waals surface area contributed by atoms with Crippen LogP contribution in [0.2, 0.25) is 0 Å². The third-order valence-corrected chi connectivity index (χ3v) is 4.14. The summed E-state index contributed by atoms with van der Waals surface area (Å²) in [5, 5.41) is 6.66. The second kappa shape index (κ2) is 5.40. The summed E-state index contributed by atoms with van der Waals surface area (Å²) < 4.78 is 0. The lowest BCUT2D eigenvalue weighted by Crippen LogP contribution is -2.32. The second-order valence-electron chi connectivity index (χ2n) is 6.09. The van der Waals surface area contributed by atoms with Crippen molar-refractivity contribution < 1.29 is 4.79 Å². The van der Waals surface area contributed by atoms with Gasteiger partial charge in [-0.2, -0.15) is 0 Å². The molecular formula is C15H22N4O. The highest BCUT2D eigenvalue weighted by molar-refractivity contribution is 5.98. The van der Waals surface area contributed by atoms with E-state index in [4.69, 9.17) is 0 Å². The molecule has 20 heavy (non-hydrogen) atoms. The number of pyridine rings is 1. The number of fused-ring (bicyclic) bond motifs is 1. The van der Waals surface area contributed by atoms with E-state index in [1.807, 2.05) is 17.0 Å². The van der Waals surface area contributed by atoms with Gasteiger partial charge in [0.1, 0.15) is 5.82 Å². The Labute approximate surface area is 119 Å². The van der Waals surface area contributed by atoms with Crippen molar-refractivity contribution in [2.24, 2.45) is 11.8 Å². The van der Waals surface area contributed by atoms with Gasteiger partial charge in [0.2, 0.25) is 0 Å². The monoisotopic (exact) mass is 274 g/mol. The van der Waals surface area contributed by atoms with Gasteiger partial charge in [0, 0.05) is 38.4 Å². The zero-order valence-corrected chi connectivity index (χ0v) is 12.1. The number of aromatic nitrogens is 1. The maximum Gasteiger partial charge on any atom is 0.257 e. The fourth-order valence-corrected chi connectivity index (χ4v) is 3.16. The number of likely N-dealkylation sites (tertiary alicyclic amines) is 1. The molecule has 1 amide bonds. The number of hydrogen-bond acceptors (Lipinski definition) is 4. The smallest absolute Gasteiger partial charge is 0.257 e. The molecule has 1 aromatic heterocycles. The Hall–Kier alpha value is -1.62. The summed E-state index contributed by atoms with van der Waals surface area (Å²) in [6.45, 7) is 7.92. The molecule has 2 saturated heterocycles. The van der Waals surface area contributed by atoms with Gasteiger partial charge in [0.25, 0.3) is 5.91 Å². The van der Waals surface area contributed by atoms with Crippen LogP contribution in [0.25, 0.3) is 0 Å². The largest absolute Gasteiger partial charge is 0.367 e. The Morgan fingerprint density at radius 1 is 1.40 bits per heavy atom. The van der Waals surface area contributed by atoms with Gasteiger partial charge in [-0.3, -0.25) is 4.79 Å². The molecule has 2 fully saturated rings. The maximum absolute atomic E-state index is 12.7. The van der Waals surface area contributed by atoms with E-state index >= 15 is 0 Å². The van der Waals surface area contributed by atoms with Crippen molar-refractivity contribution in [3.63, 3.8) is 0 Å². The lowest BCUT2D eigenvalue weighted by atomic mass is 10.0. The highest BCUT2D eigenvalue weighted by Gasteiger charge is 2.38. The predicted octanol–water partition coefficient (Wildman–Crippen LogP) is 1.19. The van der Waals surface area contributed by atoms with E-state index < -0.39 is 0 Å². The summed E-state index contributed by atoms with van der Waals surface area (Å²) in [6.07, 6.45) is 1.73. The van der Waals surface area contributed by atoms with E-state index in [2.05, 4.69) is 29.5 Å². The van der Waals surface area contributed by atoms with Crippen molar-refractivity contribution in [3.8, 4) is 0 Å². The zero-order valence-electron chi connectivity index (χ0n) is 12.1. The molecule has 5 nitrogen and oxygen atoms in total. The molecule has 2 aliphatic rings. The Kier molecular flexibility index (Phi) is 3.61. The van der Waals surface area contributed by atoms with E-state index in [-0.39, 0.29) is 11.9 Å². The van der Waals surface area contributed by atoms with Crippen LogP contribution in [0.1, 0.15) is 24.2 Å². The average Bonchev–Trinajstić information content (AvgIpc) is 2.98. The number of carbonyl (C=O) groups excluding carboxylic acids is 1. The van der Waals surface area contributed by atoms with Gasteiger partial charge < -0.3 is 15.5 Å². The van der Waals surface area contributed by atoms with Crippen molar-refractivity contribution in [2.45, 2.75) is 19.9 Å². The van der Waals surface area contributed by atoms with Gasteiger partial charge >= 0.3 is 0 Å². The quantitative estimate of drug-likeness (QED) is 0.869. The van der Waals surface area contributed by atoms with Crippen LogP contribution in [0.3, 0.4) is 0 Å². The number of nitrogens with zero attached hydrogens (tertiary/aromatic N) is 2. The third kappa shape index (κ3) is 2.50. The third-order valence-electron chi connectivity index (χ3n) is 4.14. The molecule has 2 N–H and O–H groups in total. The molecule has 5 heteroatoms. The number of amides is 1. The first-order chi connectivity index (χ1) is 9.65. The molecule has 3 heterocycles. The van der Waals surface area contributed by atoms with E-state index in [9.17, 15) is 4.79 Å². The summed E-state index contributed by atoms with van der Waals surface area (Å²) in [5.41, 5.74) is 0.689. The number of rotatable bonds is 3. The van der Waals surface area contributed by atoms with Crippen LogP contribution >= 0.6 is 0 Å². The topological polar surface area (TPSA) is 57.3 Å². The fourth-order valence-electron chi connectivity index (χ4n) is 3.16. The summed E-state index contributed by atoms with van der Waals surface area (Å²) >= 11 is 0. The molecule has 0 bridgehead atoms.